The summed E-state index contributed by atoms with van der Waals surface area (Å²) < 4.78 is 19.1. The predicted octanol–water partition coefficient (Wildman–Crippen LogP) is 2.50. The van der Waals surface area contributed by atoms with Crippen LogP contribution in [0.25, 0.3) is 0 Å². The number of ether oxygens (including phenoxy) is 1. The van der Waals surface area contributed by atoms with Crippen LogP contribution in [0.3, 0.4) is 0 Å². The van der Waals surface area contributed by atoms with Crippen LogP contribution < -0.4 is 5.32 Å². The van der Waals surface area contributed by atoms with Gasteiger partial charge in [0, 0.05) is 13.7 Å². The molecule has 0 atom stereocenters. The minimum Gasteiger partial charge on any atom is -0.478 e. The van der Waals surface area contributed by atoms with Crippen molar-refractivity contribution in [2.24, 2.45) is 0 Å². The van der Waals surface area contributed by atoms with Crippen molar-refractivity contribution in [3.05, 3.63) is 29.6 Å². The molecule has 1 aromatic carbocycles. The van der Waals surface area contributed by atoms with Crippen LogP contribution in [0.2, 0.25) is 0 Å². The molecule has 0 spiro atoms. The number of aromatic carboxylic acids is 1. The Labute approximate surface area is 105 Å². The van der Waals surface area contributed by atoms with Gasteiger partial charge in [-0.2, -0.15) is 0 Å². The number of carboxylic acids is 1. The molecule has 0 amide bonds. The first-order valence-electron chi connectivity index (χ1n) is 5.88. The van der Waals surface area contributed by atoms with Crippen LogP contribution in [-0.2, 0) is 4.74 Å². The van der Waals surface area contributed by atoms with Crippen LogP contribution in [0.15, 0.2) is 18.2 Å². The summed E-state index contributed by atoms with van der Waals surface area (Å²) >= 11 is 0. The number of nitrogens with one attached hydrogen (secondary N) is 1. The third kappa shape index (κ3) is 2.46. The van der Waals surface area contributed by atoms with Crippen molar-refractivity contribution in [1.29, 1.82) is 0 Å². The van der Waals surface area contributed by atoms with Crippen LogP contribution >= 0.6 is 0 Å². The highest BCUT2D eigenvalue weighted by molar-refractivity contribution is 5.88. The maximum atomic E-state index is 13.6. The number of hydrogen-bond donors (Lipinski definition) is 2. The molecule has 18 heavy (non-hydrogen) atoms. The Kier molecular flexibility index (Phi) is 3.52. The van der Waals surface area contributed by atoms with Gasteiger partial charge in [0.05, 0.1) is 16.9 Å². The minimum absolute atomic E-state index is 0.0526. The first kappa shape index (κ1) is 12.8. The Morgan fingerprint density at radius 2 is 2.28 bits per heavy atom. The van der Waals surface area contributed by atoms with Gasteiger partial charge >= 0.3 is 5.97 Å². The van der Waals surface area contributed by atoms with Gasteiger partial charge in [-0.25, -0.2) is 9.18 Å². The second-order valence-electron chi connectivity index (χ2n) is 4.59. The normalized spacial score (nSPS) is 17.0. The second-order valence-corrected chi connectivity index (χ2v) is 4.59. The van der Waals surface area contributed by atoms with E-state index >= 15 is 0 Å². The van der Waals surface area contributed by atoms with Gasteiger partial charge in [-0.3, -0.25) is 0 Å². The molecular weight excluding hydrogens is 237 g/mol. The molecule has 1 aliphatic carbocycles. The van der Waals surface area contributed by atoms with Gasteiger partial charge < -0.3 is 15.2 Å². The second kappa shape index (κ2) is 4.94. The van der Waals surface area contributed by atoms with E-state index in [-0.39, 0.29) is 11.2 Å². The Morgan fingerprint density at radius 1 is 1.56 bits per heavy atom. The fourth-order valence-electron chi connectivity index (χ4n) is 2.07. The lowest BCUT2D eigenvalue weighted by atomic mass is 9.80. The zero-order chi connectivity index (χ0) is 13.2. The summed E-state index contributed by atoms with van der Waals surface area (Å²) in [6.07, 6.45) is 3.05. The van der Waals surface area contributed by atoms with E-state index in [0.29, 0.717) is 12.2 Å². The Bertz CT molecular complexity index is 452. The third-order valence-corrected chi connectivity index (χ3v) is 3.51. The topological polar surface area (TPSA) is 58.6 Å². The third-order valence-electron chi connectivity index (χ3n) is 3.51. The number of carbonyl (C=O) groups is 1. The average molecular weight is 253 g/mol. The largest absolute Gasteiger partial charge is 0.478 e. The summed E-state index contributed by atoms with van der Waals surface area (Å²) in [7, 11) is 1.66. The van der Waals surface area contributed by atoms with Crippen molar-refractivity contribution in [1.82, 2.24) is 0 Å². The van der Waals surface area contributed by atoms with E-state index in [1.165, 1.54) is 12.1 Å². The van der Waals surface area contributed by atoms with Crippen LogP contribution in [0.4, 0.5) is 10.1 Å². The Balaban J connectivity index is 2.03. The molecule has 0 bridgehead atoms. The van der Waals surface area contributed by atoms with E-state index in [4.69, 9.17) is 9.84 Å². The van der Waals surface area contributed by atoms with Crippen molar-refractivity contribution in [3.8, 4) is 0 Å². The summed E-state index contributed by atoms with van der Waals surface area (Å²) in [5.41, 5.74) is 0.0595. The highest BCUT2D eigenvalue weighted by Crippen LogP contribution is 2.35. The van der Waals surface area contributed by atoms with Gasteiger partial charge in [0.25, 0.3) is 0 Å². The quantitative estimate of drug-likeness (QED) is 0.846. The number of hydrogen-bond acceptors (Lipinski definition) is 3. The standard InChI is InChI=1S/C13H16FNO3/c1-18-13(5-2-6-13)8-15-11-4-3-9(12(16)17)7-10(11)14/h3-4,7,15H,2,5-6,8H2,1H3,(H,16,17). The fourth-order valence-corrected chi connectivity index (χ4v) is 2.07. The van der Waals surface area contributed by atoms with E-state index in [2.05, 4.69) is 5.32 Å². The average Bonchev–Trinajstić information content (AvgIpc) is 2.29. The van der Waals surface area contributed by atoms with Gasteiger partial charge in [0.2, 0.25) is 0 Å². The molecule has 4 nitrogen and oxygen atoms in total. The first-order chi connectivity index (χ1) is 8.56. The molecule has 1 fully saturated rings. The molecule has 1 aromatic rings. The van der Waals surface area contributed by atoms with E-state index in [9.17, 15) is 9.18 Å². The van der Waals surface area contributed by atoms with E-state index in [1.54, 1.807) is 7.11 Å². The molecule has 0 radical (unpaired) electrons. The summed E-state index contributed by atoms with van der Waals surface area (Å²) in [4.78, 5) is 10.7. The summed E-state index contributed by atoms with van der Waals surface area (Å²) in [6.45, 7) is 0.535. The van der Waals surface area contributed by atoms with Gasteiger partial charge in [-0.1, -0.05) is 0 Å². The van der Waals surface area contributed by atoms with Crippen molar-refractivity contribution in [2.75, 3.05) is 19.0 Å². The van der Waals surface area contributed by atoms with Crippen LogP contribution in [0, 0.1) is 5.82 Å². The molecule has 2 rings (SSSR count). The summed E-state index contributed by atoms with van der Waals surface area (Å²) in [6, 6.07) is 3.85. The van der Waals surface area contributed by atoms with Crippen molar-refractivity contribution in [3.63, 3.8) is 0 Å². The Hall–Kier alpha value is -1.62. The van der Waals surface area contributed by atoms with E-state index in [0.717, 1.165) is 25.3 Å². The van der Waals surface area contributed by atoms with Crippen LogP contribution in [0.1, 0.15) is 29.6 Å². The first-order valence-corrected chi connectivity index (χ1v) is 5.88. The molecule has 0 heterocycles. The lowest BCUT2D eigenvalue weighted by molar-refractivity contribution is -0.0601. The highest BCUT2D eigenvalue weighted by atomic mass is 19.1. The van der Waals surface area contributed by atoms with Gasteiger partial charge in [-0.15, -0.1) is 0 Å². The summed E-state index contributed by atoms with van der Waals surface area (Å²) in [5, 5.41) is 11.7. The molecule has 98 valence electrons. The molecule has 1 saturated carbocycles. The zero-order valence-electron chi connectivity index (χ0n) is 10.2. The Morgan fingerprint density at radius 3 is 2.72 bits per heavy atom. The molecule has 2 N–H and O–H groups in total. The molecular formula is C13H16FNO3. The van der Waals surface area contributed by atoms with Gasteiger partial charge in [0.15, 0.2) is 0 Å². The number of rotatable bonds is 5. The lowest BCUT2D eigenvalue weighted by Crippen LogP contribution is -2.45. The molecule has 1 aliphatic rings. The number of carboxylic acid groups (broad SMARTS) is 1. The minimum atomic E-state index is -1.13. The van der Waals surface area contributed by atoms with Crippen LogP contribution in [-0.4, -0.2) is 30.3 Å². The molecule has 0 aromatic heterocycles. The smallest absolute Gasteiger partial charge is 0.335 e. The SMILES string of the molecule is COC1(CNc2ccc(C(=O)O)cc2F)CCC1. The van der Waals surface area contributed by atoms with Crippen molar-refractivity contribution >= 4 is 11.7 Å². The van der Waals surface area contributed by atoms with Crippen molar-refractivity contribution < 1.29 is 19.0 Å². The molecule has 0 aliphatic heterocycles. The number of anilines is 1. The summed E-state index contributed by atoms with van der Waals surface area (Å²) in [5.74, 6) is -1.69. The maximum absolute atomic E-state index is 13.6. The van der Waals surface area contributed by atoms with Crippen LogP contribution in [0.5, 0.6) is 0 Å². The number of halogens is 1. The molecule has 0 saturated heterocycles. The van der Waals surface area contributed by atoms with Gasteiger partial charge in [0.1, 0.15) is 5.82 Å². The number of methoxy groups -OCH3 is 1. The molecule has 5 heteroatoms. The number of benzene rings is 1. The highest BCUT2D eigenvalue weighted by Gasteiger charge is 2.36. The predicted molar refractivity (Wildman–Crippen MR) is 65.4 cm³/mol. The van der Waals surface area contributed by atoms with E-state index in [1.807, 2.05) is 0 Å². The monoisotopic (exact) mass is 253 g/mol. The maximum Gasteiger partial charge on any atom is 0.335 e. The van der Waals surface area contributed by atoms with E-state index < -0.39 is 11.8 Å². The lowest BCUT2D eigenvalue weighted by Gasteiger charge is -2.40. The zero-order valence-corrected chi connectivity index (χ0v) is 10.2. The van der Waals surface area contributed by atoms with Crippen molar-refractivity contribution in [2.45, 2.75) is 24.9 Å². The fraction of sp³-hybridized carbons (Fsp3) is 0.462. The molecule has 0 unspecified atom stereocenters. The van der Waals surface area contributed by atoms with Gasteiger partial charge in [-0.05, 0) is 37.5 Å².